The summed E-state index contributed by atoms with van der Waals surface area (Å²) < 4.78 is 43.6. The minimum Gasteiger partial charge on any atom is -0.497 e. The molecule has 0 aromatic heterocycles. The molecule has 4 atom stereocenters. The molecule has 0 fully saturated rings. The molecule has 0 spiro atoms. The van der Waals surface area contributed by atoms with Crippen LogP contribution in [-0.2, 0) is 49.7 Å². The van der Waals surface area contributed by atoms with Crippen molar-refractivity contribution >= 4 is 0 Å². The van der Waals surface area contributed by atoms with Crippen LogP contribution in [0, 0.1) is 0 Å². The fourth-order valence-electron chi connectivity index (χ4n) is 6.39. The molecule has 1 aliphatic heterocycles. The van der Waals surface area contributed by atoms with Crippen LogP contribution in [0.1, 0.15) is 58.4 Å². The Morgan fingerprint density at radius 2 is 1.10 bits per heavy atom. The first kappa shape index (κ1) is 28.2. The van der Waals surface area contributed by atoms with E-state index in [1.54, 1.807) is 14.2 Å². The van der Waals surface area contributed by atoms with E-state index in [1.807, 2.05) is 12.1 Å². The summed E-state index contributed by atoms with van der Waals surface area (Å²) in [5, 5.41) is 0. The minimum absolute atomic E-state index is 0.0919. The van der Waals surface area contributed by atoms with E-state index in [-0.39, 0.29) is 24.4 Å². The van der Waals surface area contributed by atoms with Gasteiger partial charge in [0.1, 0.15) is 23.7 Å². The second kappa shape index (κ2) is 13.4. The molecule has 0 amide bonds. The van der Waals surface area contributed by atoms with Gasteiger partial charge in [-0.15, -0.1) is 0 Å². The molecule has 0 saturated carbocycles. The third-order valence-corrected chi connectivity index (χ3v) is 8.41. The maximum absolute atomic E-state index is 6.59. The third kappa shape index (κ3) is 6.30. The lowest BCUT2D eigenvalue weighted by Gasteiger charge is -2.34. The highest BCUT2D eigenvalue weighted by Crippen LogP contribution is 2.39. The zero-order chi connectivity index (χ0) is 28.0. The second-order valence-corrected chi connectivity index (χ2v) is 10.8. The molecule has 41 heavy (non-hydrogen) atoms. The molecule has 2 aliphatic carbocycles. The fourth-order valence-corrected chi connectivity index (χ4v) is 6.39. The van der Waals surface area contributed by atoms with Crippen molar-refractivity contribution in [3.05, 3.63) is 94.0 Å². The van der Waals surface area contributed by atoms with Crippen molar-refractivity contribution in [1.82, 2.24) is 0 Å². The van der Waals surface area contributed by atoms with Gasteiger partial charge in [0.05, 0.1) is 66.1 Å². The highest BCUT2D eigenvalue weighted by Gasteiger charge is 2.33. The lowest BCUT2D eigenvalue weighted by atomic mass is 9.87. The predicted octanol–water partition coefficient (Wildman–Crippen LogP) is 5.91. The van der Waals surface area contributed by atoms with Crippen molar-refractivity contribution in [2.75, 3.05) is 40.6 Å². The standard InChI is InChI=1S/C34H40O7/c1-35-27-19-25-21-40-30-13-11-23-7-3-5-9-28(23)33(30)38-17-15-37-16-18-39-34-29-10-6-4-8-24(29)12-14-31(34)41-22-26(20-27)32(25)36-2/h3-10,19-20,30-31,33-34H,11-18,21-22H2,1-2H3/t30-,31-,33+,34+/m0/s1. The lowest BCUT2D eigenvalue weighted by molar-refractivity contribution is -0.113. The number of benzene rings is 3. The SMILES string of the molecule is COc1cc2c(OC)c(c1)CO[C@H]1CCc3ccccc3[C@H]1OCCOCCO[C@@H]1c3ccccc3CC[C@@H]1OC2. The van der Waals surface area contributed by atoms with Gasteiger partial charge in [-0.3, -0.25) is 0 Å². The van der Waals surface area contributed by atoms with E-state index >= 15 is 0 Å². The summed E-state index contributed by atoms with van der Waals surface area (Å²) in [6, 6.07) is 21.0. The second-order valence-electron chi connectivity index (χ2n) is 10.8. The molecule has 0 saturated heterocycles. The normalized spacial score (nSPS) is 25.3. The van der Waals surface area contributed by atoms with Crippen LogP contribution >= 0.6 is 0 Å². The quantitative estimate of drug-likeness (QED) is 0.386. The molecule has 0 N–H and O–H groups in total. The summed E-state index contributed by atoms with van der Waals surface area (Å²) in [6.45, 7) is 2.68. The molecule has 2 bridgehead atoms. The van der Waals surface area contributed by atoms with Crippen molar-refractivity contribution < 1.29 is 33.2 Å². The molecule has 218 valence electrons. The van der Waals surface area contributed by atoms with Gasteiger partial charge in [-0.25, -0.2) is 0 Å². The van der Waals surface area contributed by atoms with E-state index < -0.39 is 0 Å². The summed E-state index contributed by atoms with van der Waals surface area (Å²) >= 11 is 0. The van der Waals surface area contributed by atoms with Gasteiger partial charge in [-0.05, 0) is 60.1 Å². The fraction of sp³-hybridized carbons (Fsp3) is 0.471. The van der Waals surface area contributed by atoms with E-state index in [4.69, 9.17) is 33.2 Å². The maximum Gasteiger partial charge on any atom is 0.130 e. The van der Waals surface area contributed by atoms with Gasteiger partial charge in [-0.1, -0.05) is 48.5 Å². The van der Waals surface area contributed by atoms with Crippen LogP contribution in [0.25, 0.3) is 0 Å². The maximum atomic E-state index is 6.59. The van der Waals surface area contributed by atoms with Gasteiger partial charge in [0.2, 0.25) is 0 Å². The number of ether oxygens (including phenoxy) is 7. The van der Waals surface area contributed by atoms with Crippen LogP contribution in [-0.4, -0.2) is 52.9 Å². The van der Waals surface area contributed by atoms with Gasteiger partial charge in [0.25, 0.3) is 0 Å². The number of hydrogen-bond acceptors (Lipinski definition) is 7. The molecule has 3 aromatic carbocycles. The van der Waals surface area contributed by atoms with Crippen LogP contribution in [0.2, 0.25) is 0 Å². The average molecular weight is 561 g/mol. The first-order valence-corrected chi connectivity index (χ1v) is 14.7. The molecule has 7 heteroatoms. The Balaban J connectivity index is 1.29. The Morgan fingerprint density at radius 3 is 1.59 bits per heavy atom. The van der Waals surface area contributed by atoms with Crippen molar-refractivity contribution in [2.45, 2.75) is 63.3 Å². The van der Waals surface area contributed by atoms with E-state index in [0.29, 0.717) is 39.6 Å². The Morgan fingerprint density at radius 1 is 0.585 bits per heavy atom. The first-order valence-electron chi connectivity index (χ1n) is 14.7. The zero-order valence-electron chi connectivity index (χ0n) is 24.0. The van der Waals surface area contributed by atoms with Gasteiger partial charge in [0.15, 0.2) is 0 Å². The smallest absolute Gasteiger partial charge is 0.130 e. The summed E-state index contributed by atoms with van der Waals surface area (Å²) in [6.07, 6.45) is 3.14. The molecule has 7 nitrogen and oxygen atoms in total. The van der Waals surface area contributed by atoms with Crippen LogP contribution in [0.3, 0.4) is 0 Å². The van der Waals surface area contributed by atoms with Crippen LogP contribution < -0.4 is 9.47 Å². The number of fused-ring (bicyclic) bond motifs is 8. The van der Waals surface area contributed by atoms with Crippen LogP contribution in [0.4, 0.5) is 0 Å². The van der Waals surface area contributed by atoms with E-state index in [1.165, 1.54) is 22.3 Å². The van der Waals surface area contributed by atoms with Crippen molar-refractivity contribution in [1.29, 1.82) is 0 Å². The highest BCUT2D eigenvalue weighted by atomic mass is 16.6. The molecule has 0 radical (unpaired) electrons. The number of rotatable bonds is 2. The van der Waals surface area contributed by atoms with Crippen molar-refractivity contribution in [3.63, 3.8) is 0 Å². The van der Waals surface area contributed by atoms with E-state index in [9.17, 15) is 0 Å². The molecular weight excluding hydrogens is 520 g/mol. The number of aryl methyl sites for hydroxylation is 2. The summed E-state index contributed by atoms with van der Waals surface area (Å²) in [7, 11) is 3.38. The van der Waals surface area contributed by atoms with Gasteiger partial charge >= 0.3 is 0 Å². The van der Waals surface area contributed by atoms with Gasteiger partial charge < -0.3 is 33.2 Å². The van der Waals surface area contributed by atoms with Crippen LogP contribution in [0.5, 0.6) is 11.5 Å². The molecule has 3 aliphatic rings. The Labute approximate surface area is 242 Å². The number of methoxy groups -OCH3 is 2. The molecule has 6 rings (SSSR count). The summed E-state index contributed by atoms with van der Waals surface area (Å²) in [5.74, 6) is 1.51. The Kier molecular flexibility index (Phi) is 9.19. The predicted molar refractivity (Wildman–Crippen MR) is 154 cm³/mol. The minimum atomic E-state index is -0.169. The summed E-state index contributed by atoms with van der Waals surface area (Å²) in [5.41, 5.74) is 6.86. The zero-order valence-corrected chi connectivity index (χ0v) is 24.0. The van der Waals surface area contributed by atoms with Crippen molar-refractivity contribution in [2.24, 2.45) is 0 Å². The highest BCUT2D eigenvalue weighted by molar-refractivity contribution is 5.47. The largest absolute Gasteiger partial charge is 0.497 e. The Bertz CT molecular complexity index is 1220. The molecule has 0 unspecified atom stereocenters. The van der Waals surface area contributed by atoms with Gasteiger partial charge in [-0.2, -0.15) is 0 Å². The van der Waals surface area contributed by atoms with Crippen LogP contribution in [0.15, 0.2) is 60.7 Å². The van der Waals surface area contributed by atoms with Crippen molar-refractivity contribution in [3.8, 4) is 11.5 Å². The monoisotopic (exact) mass is 560 g/mol. The first-order chi connectivity index (χ1) is 20.2. The number of hydrogen-bond donors (Lipinski definition) is 0. The molecular formula is C34H40O7. The third-order valence-electron chi connectivity index (χ3n) is 8.41. The van der Waals surface area contributed by atoms with Gasteiger partial charge in [0, 0.05) is 11.1 Å². The van der Waals surface area contributed by atoms with E-state index in [2.05, 4.69) is 48.5 Å². The lowest BCUT2D eigenvalue weighted by Crippen LogP contribution is -2.32. The Hall–Kier alpha value is -2.94. The van der Waals surface area contributed by atoms with E-state index in [0.717, 1.165) is 48.3 Å². The molecule has 3 aromatic rings. The average Bonchev–Trinajstić information content (AvgIpc) is 3.02. The summed E-state index contributed by atoms with van der Waals surface area (Å²) in [4.78, 5) is 0. The topological polar surface area (TPSA) is 64.6 Å². The molecule has 1 heterocycles.